The molecule has 242 valence electrons. The molecule has 0 amide bonds. The van der Waals surface area contributed by atoms with Crippen LogP contribution in [0.4, 0.5) is 0 Å². The topological polar surface area (TPSA) is 38.9 Å². The lowest BCUT2D eigenvalue weighted by Crippen LogP contribution is -1.94. The SMILES string of the molecule is c1ccc(-c2cc(-c3nc(-c4ccc(-c5ccc6ccccc6c5)cc4)c4sc5ccccc5c4n3)cc3oc4cc5ccccc5cc4c23)cc1. The molecule has 0 saturated heterocycles. The van der Waals surface area contributed by atoms with Crippen molar-refractivity contribution in [2.24, 2.45) is 0 Å². The zero-order valence-electron chi connectivity index (χ0n) is 27.9. The molecule has 0 aliphatic carbocycles. The minimum atomic E-state index is 0.675. The van der Waals surface area contributed by atoms with Crippen molar-refractivity contribution >= 4 is 75.1 Å². The van der Waals surface area contributed by atoms with E-state index in [0.29, 0.717) is 5.82 Å². The Morgan fingerprint density at radius 3 is 1.92 bits per heavy atom. The van der Waals surface area contributed by atoms with Crippen LogP contribution in [0.2, 0.25) is 0 Å². The molecule has 0 unspecified atom stereocenters. The largest absolute Gasteiger partial charge is 0.456 e. The molecule has 0 aliphatic heterocycles. The lowest BCUT2D eigenvalue weighted by Gasteiger charge is -2.11. The summed E-state index contributed by atoms with van der Waals surface area (Å²) in [6, 6.07) is 60.3. The molecule has 11 aromatic rings. The monoisotopic (exact) mass is 680 g/mol. The van der Waals surface area contributed by atoms with Crippen LogP contribution in [0.25, 0.3) is 109 Å². The van der Waals surface area contributed by atoms with Crippen LogP contribution in [-0.2, 0) is 0 Å². The van der Waals surface area contributed by atoms with E-state index in [0.717, 1.165) is 70.9 Å². The molecule has 52 heavy (non-hydrogen) atoms. The number of aromatic nitrogens is 2. The molecule has 0 atom stereocenters. The van der Waals surface area contributed by atoms with Crippen LogP contribution in [0.15, 0.2) is 174 Å². The van der Waals surface area contributed by atoms with Crippen molar-refractivity contribution in [3.63, 3.8) is 0 Å². The van der Waals surface area contributed by atoms with Crippen LogP contribution < -0.4 is 0 Å². The van der Waals surface area contributed by atoms with Crippen molar-refractivity contribution in [3.05, 3.63) is 170 Å². The van der Waals surface area contributed by atoms with Gasteiger partial charge in [-0.05, 0) is 80.2 Å². The number of nitrogens with zero attached hydrogens (tertiary/aromatic N) is 2. The maximum atomic E-state index is 6.67. The molecule has 3 nitrogen and oxygen atoms in total. The van der Waals surface area contributed by atoms with Crippen molar-refractivity contribution in [1.82, 2.24) is 9.97 Å². The van der Waals surface area contributed by atoms with E-state index in [9.17, 15) is 0 Å². The van der Waals surface area contributed by atoms with Gasteiger partial charge in [0, 0.05) is 32.0 Å². The molecule has 8 aromatic carbocycles. The number of hydrogen-bond donors (Lipinski definition) is 0. The highest BCUT2D eigenvalue weighted by atomic mass is 32.1. The van der Waals surface area contributed by atoms with Gasteiger partial charge in [0.1, 0.15) is 11.2 Å². The van der Waals surface area contributed by atoms with E-state index in [1.165, 1.54) is 32.0 Å². The fourth-order valence-corrected chi connectivity index (χ4v) is 8.82. The Bertz CT molecular complexity index is 3180. The molecular weight excluding hydrogens is 653 g/mol. The summed E-state index contributed by atoms with van der Waals surface area (Å²) in [5.41, 5.74) is 10.2. The molecule has 11 rings (SSSR count). The van der Waals surface area contributed by atoms with Crippen LogP contribution in [0.3, 0.4) is 0 Å². The van der Waals surface area contributed by atoms with E-state index >= 15 is 0 Å². The van der Waals surface area contributed by atoms with Crippen LogP contribution in [0, 0.1) is 0 Å². The highest BCUT2D eigenvalue weighted by molar-refractivity contribution is 7.26. The van der Waals surface area contributed by atoms with Crippen molar-refractivity contribution in [1.29, 1.82) is 0 Å². The molecule has 0 N–H and O–H groups in total. The Morgan fingerprint density at radius 1 is 0.423 bits per heavy atom. The zero-order valence-corrected chi connectivity index (χ0v) is 28.7. The van der Waals surface area contributed by atoms with Crippen molar-refractivity contribution < 1.29 is 4.42 Å². The molecule has 3 heterocycles. The first kappa shape index (κ1) is 29.1. The van der Waals surface area contributed by atoms with Crippen LogP contribution in [0.1, 0.15) is 0 Å². The van der Waals surface area contributed by atoms with Crippen LogP contribution in [0.5, 0.6) is 0 Å². The van der Waals surface area contributed by atoms with E-state index in [2.05, 4.69) is 170 Å². The fraction of sp³-hybridized carbons (Fsp3) is 0. The first-order chi connectivity index (χ1) is 25.7. The molecule has 0 spiro atoms. The predicted octanol–water partition coefficient (Wildman–Crippen LogP) is 13.7. The second-order valence-corrected chi connectivity index (χ2v) is 14.4. The summed E-state index contributed by atoms with van der Waals surface area (Å²) in [6.45, 7) is 0. The van der Waals surface area contributed by atoms with Crippen molar-refractivity contribution in [2.75, 3.05) is 0 Å². The summed E-state index contributed by atoms with van der Waals surface area (Å²) in [5.74, 6) is 0.675. The Morgan fingerprint density at radius 2 is 1.10 bits per heavy atom. The summed E-state index contributed by atoms with van der Waals surface area (Å²) in [4.78, 5) is 10.7. The summed E-state index contributed by atoms with van der Waals surface area (Å²) in [7, 11) is 0. The van der Waals surface area contributed by atoms with Gasteiger partial charge >= 0.3 is 0 Å². The van der Waals surface area contributed by atoms with Crippen LogP contribution in [-0.4, -0.2) is 9.97 Å². The lowest BCUT2D eigenvalue weighted by molar-refractivity contribution is 0.669. The van der Waals surface area contributed by atoms with Gasteiger partial charge in [0.25, 0.3) is 0 Å². The highest BCUT2D eigenvalue weighted by Gasteiger charge is 2.20. The maximum Gasteiger partial charge on any atom is 0.160 e. The molecule has 0 bridgehead atoms. The number of thiophene rings is 1. The van der Waals surface area contributed by atoms with Gasteiger partial charge in [-0.2, -0.15) is 0 Å². The molecule has 4 heteroatoms. The van der Waals surface area contributed by atoms with Gasteiger partial charge in [-0.25, -0.2) is 9.97 Å². The number of rotatable bonds is 4. The van der Waals surface area contributed by atoms with E-state index in [4.69, 9.17) is 14.4 Å². The Kier molecular flexibility index (Phi) is 6.42. The lowest BCUT2D eigenvalue weighted by atomic mass is 9.96. The van der Waals surface area contributed by atoms with Gasteiger partial charge < -0.3 is 4.42 Å². The van der Waals surface area contributed by atoms with Gasteiger partial charge in [-0.3, -0.25) is 0 Å². The maximum absolute atomic E-state index is 6.67. The summed E-state index contributed by atoms with van der Waals surface area (Å²) < 4.78 is 8.95. The number of furan rings is 1. The van der Waals surface area contributed by atoms with E-state index < -0.39 is 0 Å². The van der Waals surface area contributed by atoms with Gasteiger partial charge in [-0.1, -0.05) is 133 Å². The summed E-state index contributed by atoms with van der Waals surface area (Å²) in [5, 5.41) is 8.17. The van der Waals surface area contributed by atoms with E-state index in [1.54, 1.807) is 11.3 Å². The summed E-state index contributed by atoms with van der Waals surface area (Å²) in [6.07, 6.45) is 0. The number of fused-ring (bicyclic) bond motifs is 8. The first-order valence-corrected chi connectivity index (χ1v) is 18.3. The minimum absolute atomic E-state index is 0.675. The molecule has 0 aliphatic rings. The highest BCUT2D eigenvalue weighted by Crippen LogP contribution is 2.43. The van der Waals surface area contributed by atoms with Crippen molar-refractivity contribution in [2.45, 2.75) is 0 Å². The third-order valence-corrected chi connectivity index (χ3v) is 11.4. The quantitative estimate of drug-likeness (QED) is 0.186. The number of benzene rings is 8. The van der Waals surface area contributed by atoms with Crippen LogP contribution >= 0.6 is 11.3 Å². The van der Waals surface area contributed by atoms with Gasteiger partial charge in [0.2, 0.25) is 0 Å². The minimum Gasteiger partial charge on any atom is -0.456 e. The second-order valence-electron chi connectivity index (χ2n) is 13.4. The Labute approximate surface area is 303 Å². The average molecular weight is 681 g/mol. The Balaban J connectivity index is 1.13. The molecule has 0 radical (unpaired) electrons. The zero-order chi connectivity index (χ0) is 34.2. The Hall–Kier alpha value is -6.62. The van der Waals surface area contributed by atoms with E-state index in [-0.39, 0.29) is 0 Å². The predicted molar refractivity (Wildman–Crippen MR) is 219 cm³/mol. The average Bonchev–Trinajstić information content (AvgIpc) is 3.77. The van der Waals surface area contributed by atoms with Gasteiger partial charge in [0.15, 0.2) is 5.82 Å². The third kappa shape index (κ3) is 4.65. The molecule has 0 fully saturated rings. The normalized spacial score (nSPS) is 11.8. The second kappa shape index (κ2) is 11.5. The summed E-state index contributed by atoms with van der Waals surface area (Å²) >= 11 is 1.75. The smallest absolute Gasteiger partial charge is 0.160 e. The van der Waals surface area contributed by atoms with Gasteiger partial charge in [-0.15, -0.1) is 11.3 Å². The fourth-order valence-electron chi connectivity index (χ4n) is 7.67. The standard InChI is InChI=1S/C48H28N2OS/c1-2-11-31(12-3-1)39-26-37(28-42-44(39)40-25-34-14-6-7-15-35(34)27-41(40)51-42)48-49-45(47-46(50-48)38-16-8-9-17-43(38)52-47)32-21-18-30(19-22-32)36-23-20-29-10-4-5-13-33(29)24-36/h1-28H. The number of hydrogen-bond acceptors (Lipinski definition) is 4. The third-order valence-electron chi connectivity index (χ3n) is 10.2. The van der Waals surface area contributed by atoms with Crippen molar-refractivity contribution in [3.8, 4) is 44.9 Å². The molecule has 0 saturated carbocycles. The van der Waals surface area contributed by atoms with E-state index in [1.807, 2.05) is 0 Å². The van der Waals surface area contributed by atoms with Gasteiger partial charge in [0.05, 0.1) is 15.9 Å². The molecule has 3 aromatic heterocycles. The first-order valence-electron chi connectivity index (χ1n) is 17.5. The molecular formula is C48H28N2OS.